The highest BCUT2D eigenvalue weighted by Gasteiger charge is 2.42. The first-order valence-corrected chi connectivity index (χ1v) is 7.67. The molecule has 0 aliphatic carbocycles. The van der Waals surface area contributed by atoms with Gasteiger partial charge in [0.1, 0.15) is 12.2 Å². The van der Waals surface area contributed by atoms with E-state index < -0.39 is 18.5 Å². The predicted octanol–water partition coefficient (Wildman–Crippen LogP) is -1.10. The number of aliphatic hydroxyl groups excluding tert-OH is 3. The third-order valence-electron chi connectivity index (χ3n) is 3.19. The quantitative estimate of drug-likeness (QED) is 0.392. The van der Waals surface area contributed by atoms with Crippen molar-refractivity contribution in [2.24, 2.45) is 0 Å². The fraction of sp³-hybridized carbons (Fsp3) is 1.00. The molecule has 8 nitrogen and oxygen atoms in total. The van der Waals surface area contributed by atoms with Crippen LogP contribution in [-0.4, -0.2) is 92.8 Å². The van der Waals surface area contributed by atoms with Crippen LogP contribution in [-0.2, 0) is 23.7 Å². The summed E-state index contributed by atoms with van der Waals surface area (Å²) in [6.07, 6.45) is -1.15. The van der Waals surface area contributed by atoms with E-state index in [1.807, 2.05) is 6.92 Å². The van der Waals surface area contributed by atoms with Gasteiger partial charge in [0.05, 0.1) is 52.4 Å². The highest BCUT2D eigenvalue weighted by atomic mass is 16.7. The van der Waals surface area contributed by atoms with Crippen LogP contribution in [0.5, 0.6) is 0 Å². The number of hydrogen-bond acceptors (Lipinski definition) is 8. The Bertz CT molecular complexity index is 257. The fourth-order valence-electron chi connectivity index (χ4n) is 2.30. The molecule has 0 aromatic rings. The molecule has 0 aromatic heterocycles. The van der Waals surface area contributed by atoms with Gasteiger partial charge in [-0.1, -0.05) is 0 Å². The number of ether oxygens (including phenoxy) is 5. The first-order chi connectivity index (χ1) is 10.8. The normalized spacial score (nSPS) is 26.5. The van der Waals surface area contributed by atoms with Crippen LogP contribution >= 0.6 is 0 Å². The van der Waals surface area contributed by atoms with Crippen molar-refractivity contribution in [1.29, 1.82) is 0 Å². The first-order valence-electron chi connectivity index (χ1n) is 7.67. The van der Waals surface area contributed by atoms with Crippen LogP contribution in [0.2, 0.25) is 0 Å². The van der Waals surface area contributed by atoms with Gasteiger partial charge in [0.25, 0.3) is 0 Å². The molecule has 1 aliphatic rings. The van der Waals surface area contributed by atoms with Crippen LogP contribution in [0.25, 0.3) is 0 Å². The Morgan fingerprint density at radius 3 is 2.36 bits per heavy atom. The van der Waals surface area contributed by atoms with Gasteiger partial charge in [-0.05, 0) is 6.92 Å². The van der Waals surface area contributed by atoms with Crippen LogP contribution in [0.15, 0.2) is 0 Å². The lowest BCUT2D eigenvalue weighted by atomic mass is 10.1. The van der Waals surface area contributed by atoms with E-state index in [4.69, 9.17) is 39.0 Å². The highest BCUT2D eigenvalue weighted by Crippen LogP contribution is 2.28. The van der Waals surface area contributed by atoms with Gasteiger partial charge < -0.3 is 39.0 Å². The Hall–Kier alpha value is -0.320. The molecule has 1 heterocycles. The minimum atomic E-state index is -0.498. The SMILES string of the molecule is CCOCC(OCCO)C1OC(OCCO)CC1OCCO. The zero-order valence-corrected chi connectivity index (χ0v) is 13.1. The van der Waals surface area contributed by atoms with Crippen LogP contribution in [0.1, 0.15) is 13.3 Å². The molecule has 0 amide bonds. The summed E-state index contributed by atoms with van der Waals surface area (Å²) in [7, 11) is 0. The van der Waals surface area contributed by atoms with Crippen molar-refractivity contribution in [3.05, 3.63) is 0 Å². The largest absolute Gasteiger partial charge is 0.394 e. The van der Waals surface area contributed by atoms with Gasteiger partial charge in [0.2, 0.25) is 0 Å². The molecule has 3 N–H and O–H groups in total. The zero-order chi connectivity index (χ0) is 16.2. The van der Waals surface area contributed by atoms with E-state index in [9.17, 15) is 0 Å². The second-order valence-electron chi connectivity index (χ2n) is 4.79. The minimum Gasteiger partial charge on any atom is -0.394 e. The van der Waals surface area contributed by atoms with E-state index in [0.717, 1.165) is 0 Å². The summed E-state index contributed by atoms with van der Waals surface area (Å²) in [4.78, 5) is 0. The van der Waals surface area contributed by atoms with Crippen molar-refractivity contribution in [2.45, 2.75) is 37.9 Å². The summed E-state index contributed by atoms with van der Waals surface area (Å²) in [5.41, 5.74) is 0. The van der Waals surface area contributed by atoms with Gasteiger partial charge in [-0.15, -0.1) is 0 Å². The van der Waals surface area contributed by atoms with Crippen molar-refractivity contribution in [3.63, 3.8) is 0 Å². The lowest BCUT2D eigenvalue weighted by Gasteiger charge is -2.27. The average molecular weight is 324 g/mol. The molecule has 1 rings (SSSR count). The maximum atomic E-state index is 8.94. The maximum Gasteiger partial charge on any atom is 0.160 e. The van der Waals surface area contributed by atoms with Crippen molar-refractivity contribution < 1.29 is 39.0 Å². The van der Waals surface area contributed by atoms with E-state index in [1.165, 1.54) is 0 Å². The molecule has 4 unspecified atom stereocenters. The van der Waals surface area contributed by atoms with Gasteiger partial charge in [0.15, 0.2) is 6.29 Å². The van der Waals surface area contributed by atoms with E-state index in [1.54, 1.807) is 0 Å². The molecule has 0 spiro atoms. The van der Waals surface area contributed by atoms with E-state index in [2.05, 4.69) is 0 Å². The molecule has 4 atom stereocenters. The molecule has 132 valence electrons. The van der Waals surface area contributed by atoms with Crippen molar-refractivity contribution in [3.8, 4) is 0 Å². The van der Waals surface area contributed by atoms with Crippen LogP contribution < -0.4 is 0 Å². The van der Waals surface area contributed by atoms with Crippen molar-refractivity contribution in [1.82, 2.24) is 0 Å². The third kappa shape index (κ3) is 6.84. The molecule has 0 saturated carbocycles. The summed E-state index contributed by atoms with van der Waals surface area (Å²) in [6.45, 7) is 3.01. The topological polar surface area (TPSA) is 107 Å². The lowest BCUT2D eigenvalue weighted by Crippen LogP contribution is -2.42. The maximum absolute atomic E-state index is 8.94. The monoisotopic (exact) mass is 324 g/mol. The second kappa shape index (κ2) is 12.1. The average Bonchev–Trinajstić information content (AvgIpc) is 2.94. The summed E-state index contributed by atoms with van der Waals surface area (Å²) in [5, 5.41) is 26.7. The Morgan fingerprint density at radius 2 is 1.73 bits per heavy atom. The standard InChI is InChI=1S/C14H28O8/c1-2-18-10-12(20-7-4-16)14-11(19-6-3-15)9-13(22-14)21-8-5-17/h11-17H,2-10H2,1H3. The molecule has 1 saturated heterocycles. The van der Waals surface area contributed by atoms with Gasteiger partial charge in [-0.2, -0.15) is 0 Å². The van der Waals surface area contributed by atoms with Crippen LogP contribution in [0, 0.1) is 0 Å². The molecular weight excluding hydrogens is 296 g/mol. The number of aliphatic hydroxyl groups is 3. The second-order valence-corrected chi connectivity index (χ2v) is 4.79. The van der Waals surface area contributed by atoms with Crippen molar-refractivity contribution >= 4 is 0 Å². The van der Waals surface area contributed by atoms with Crippen molar-refractivity contribution in [2.75, 3.05) is 52.9 Å². The van der Waals surface area contributed by atoms with E-state index in [0.29, 0.717) is 19.6 Å². The summed E-state index contributed by atoms with van der Waals surface area (Å²) in [6, 6.07) is 0. The van der Waals surface area contributed by atoms with Crippen LogP contribution in [0.3, 0.4) is 0 Å². The Labute approximate surface area is 130 Å². The van der Waals surface area contributed by atoms with E-state index >= 15 is 0 Å². The molecule has 8 heteroatoms. The molecule has 0 radical (unpaired) electrons. The Morgan fingerprint density at radius 1 is 1.05 bits per heavy atom. The molecule has 1 aliphatic heterocycles. The minimum absolute atomic E-state index is 0.0843. The molecular formula is C14H28O8. The summed E-state index contributed by atoms with van der Waals surface area (Å²) in [5.74, 6) is 0. The summed E-state index contributed by atoms with van der Waals surface area (Å²) < 4.78 is 27.8. The zero-order valence-electron chi connectivity index (χ0n) is 13.1. The molecule has 22 heavy (non-hydrogen) atoms. The Balaban J connectivity index is 2.63. The fourth-order valence-corrected chi connectivity index (χ4v) is 2.30. The lowest BCUT2D eigenvalue weighted by molar-refractivity contribution is -0.182. The van der Waals surface area contributed by atoms with Gasteiger partial charge in [0, 0.05) is 13.0 Å². The predicted molar refractivity (Wildman–Crippen MR) is 76.5 cm³/mol. The van der Waals surface area contributed by atoms with Gasteiger partial charge in [-0.3, -0.25) is 0 Å². The summed E-state index contributed by atoms with van der Waals surface area (Å²) >= 11 is 0. The first kappa shape index (κ1) is 19.7. The smallest absolute Gasteiger partial charge is 0.160 e. The van der Waals surface area contributed by atoms with E-state index in [-0.39, 0.29) is 45.7 Å². The molecule has 0 bridgehead atoms. The third-order valence-corrected chi connectivity index (χ3v) is 3.19. The van der Waals surface area contributed by atoms with Gasteiger partial charge in [-0.25, -0.2) is 0 Å². The number of hydrogen-bond donors (Lipinski definition) is 3. The van der Waals surface area contributed by atoms with Gasteiger partial charge >= 0.3 is 0 Å². The molecule has 0 aromatic carbocycles. The van der Waals surface area contributed by atoms with Crippen LogP contribution in [0.4, 0.5) is 0 Å². The number of rotatable bonds is 13. The Kier molecular flexibility index (Phi) is 10.9. The highest BCUT2D eigenvalue weighted by molar-refractivity contribution is 4.86. The molecule has 1 fully saturated rings.